The van der Waals surface area contributed by atoms with E-state index in [0.29, 0.717) is 55.7 Å². The molecular formula is C23H33NO7. The van der Waals surface area contributed by atoms with Gasteiger partial charge in [-0.25, -0.2) is 0 Å². The molecule has 0 aromatic heterocycles. The Kier molecular flexibility index (Phi) is 10.3. The van der Waals surface area contributed by atoms with Crippen molar-refractivity contribution >= 4 is 11.7 Å². The first-order valence-electron chi connectivity index (χ1n) is 10.7. The van der Waals surface area contributed by atoms with Gasteiger partial charge in [0.25, 0.3) is 0 Å². The van der Waals surface area contributed by atoms with Gasteiger partial charge in [-0.3, -0.25) is 4.79 Å². The zero-order valence-corrected chi connectivity index (χ0v) is 17.9. The van der Waals surface area contributed by atoms with Crippen LogP contribution in [0, 0.1) is 11.8 Å². The van der Waals surface area contributed by atoms with Gasteiger partial charge < -0.3 is 30.0 Å². The van der Waals surface area contributed by atoms with E-state index in [1.165, 1.54) is 0 Å². The van der Waals surface area contributed by atoms with Crippen LogP contribution in [-0.2, 0) is 4.79 Å². The van der Waals surface area contributed by atoms with Crippen LogP contribution in [0.25, 0.3) is 0 Å². The molecule has 0 unspecified atom stereocenters. The van der Waals surface area contributed by atoms with E-state index < -0.39 is 18.2 Å². The Hall–Kier alpha value is -2.58. The highest BCUT2D eigenvalue weighted by molar-refractivity contribution is 5.89. The van der Waals surface area contributed by atoms with Crippen molar-refractivity contribution in [1.82, 2.24) is 0 Å². The second-order valence-corrected chi connectivity index (χ2v) is 7.82. The van der Waals surface area contributed by atoms with E-state index in [1.54, 1.807) is 19.2 Å². The summed E-state index contributed by atoms with van der Waals surface area (Å²) in [5, 5.41) is 42.2. The van der Waals surface area contributed by atoms with E-state index in [4.69, 9.17) is 14.6 Å². The number of para-hydroxylation sites is 2. The summed E-state index contributed by atoms with van der Waals surface area (Å²) in [6.07, 6.45) is 5.84. The highest BCUT2D eigenvalue weighted by atomic mass is 16.5. The molecule has 2 rings (SSSR count). The maximum Gasteiger partial charge on any atom is 0.303 e. The summed E-state index contributed by atoms with van der Waals surface area (Å²) in [6.45, 7) is 0.107. The van der Waals surface area contributed by atoms with Crippen molar-refractivity contribution in [2.75, 3.05) is 13.7 Å². The number of benzene rings is 1. The minimum Gasteiger partial charge on any atom is -0.493 e. The number of ether oxygens (including phenoxy) is 2. The molecule has 8 nitrogen and oxygen atoms in total. The molecular weight excluding hydrogens is 402 g/mol. The lowest BCUT2D eigenvalue weighted by Crippen LogP contribution is -2.24. The molecule has 1 aromatic carbocycles. The number of unbranched alkanes of at least 4 members (excludes halogenated alkanes) is 1. The van der Waals surface area contributed by atoms with Gasteiger partial charge in [0.15, 0.2) is 11.5 Å². The predicted octanol–water partition coefficient (Wildman–Crippen LogP) is 3.24. The van der Waals surface area contributed by atoms with Crippen molar-refractivity contribution in [1.29, 1.82) is 0 Å². The summed E-state index contributed by atoms with van der Waals surface area (Å²) in [7, 11) is 1.56. The summed E-state index contributed by atoms with van der Waals surface area (Å²) < 4.78 is 10.9. The summed E-state index contributed by atoms with van der Waals surface area (Å²) in [4.78, 5) is 10.6. The molecule has 4 atom stereocenters. The molecule has 1 aliphatic carbocycles. The van der Waals surface area contributed by atoms with Crippen LogP contribution in [0.4, 0.5) is 0 Å². The van der Waals surface area contributed by atoms with E-state index in [0.717, 1.165) is 0 Å². The molecule has 0 heterocycles. The van der Waals surface area contributed by atoms with Crippen molar-refractivity contribution < 1.29 is 34.8 Å². The van der Waals surface area contributed by atoms with Gasteiger partial charge in [0.05, 0.1) is 25.0 Å². The van der Waals surface area contributed by atoms with Crippen LogP contribution in [0.2, 0.25) is 0 Å². The molecule has 1 saturated carbocycles. The van der Waals surface area contributed by atoms with Crippen molar-refractivity contribution in [3.8, 4) is 11.5 Å². The zero-order valence-electron chi connectivity index (χ0n) is 17.9. The van der Waals surface area contributed by atoms with Gasteiger partial charge in [-0.2, -0.15) is 0 Å². The second-order valence-electron chi connectivity index (χ2n) is 7.82. The Labute approximate surface area is 182 Å². The quantitative estimate of drug-likeness (QED) is 0.162. The maximum absolute atomic E-state index is 10.6. The molecule has 31 heavy (non-hydrogen) atoms. The van der Waals surface area contributed by atoms with Crippen molar-refractivity contribution in [2.24, 2.45) is 17.0 Å². The first kappa shape index (κ1) is 24.7. The monoisotopic (exact) mass is 435 g/mol. The van der Waals surface area contributed by atoms with Gasteiger partial charge in [-0.15, -0.1) is 0 Å². The van der Waals surface area contributed by atoms with Gasteiger partial charge in [0, 0.05) is 18.8 Å². The van der Waals surface area contributed by atoms with Gasteiger partial charge >= 0.3 is 5.97 Å². The Bertz CT molecular complexity index is 749. The first-order valence-corrected chi connectivity index (χ1v) is 10.7. The lowest BCUT2D eigenvalue weighted by Gasteiger charge is -2.22. The molecule has 0 amide bonds. The van der Waals surface area contributed by atoms with Gasteiger partial charge in [-0.05, 0) is 50.2 Å². The fourth-order valence-corrected chi connectivity index (χ4v) is 3.97. The third-order valence-corrected chi connectivity index (χ3v) is 5.63. The number of allylic oxidation sites excluding steroid dienone is 2. The fraction of sp³-hybridized carbons (Fsp3) is 0.565. The van der Waals surface area contributed by atoms with Crippen LogP contribution in [0.1, 0.15) is 44.9 Å². The number of nitrogens with zero attached hydrogens (tertiary/aromatic N) is 1. The van der Waals surface area contributed by atoms with Crippen LogP contribution in [0.15, 0.2) is 41.6 Å². The lowest BCUT2D eigenvalue weighted by molar-refractivity contribution is -0.137. The van der Waals surface area contributed by atoms with Crippen LogP contribution in [-0.4, -0.2) is 58.1 Å². The predicted molar refractivity (Wildman–Crippen MR) is 116 cm³/mol. The minimum absolute atomic E-state index is 0.107. The highest BCUT2D eigenvalue weighted by Crippen LogP contribution is 2.36. The Morgan fingerprint density at radius 2 is 2.03 bits per heavy atom. The zero-order chi connectivity index (χ0) is 22.6. The Morgan fingerprint density at radius 1 is 1.29 bits per heavy atom. The van der Waals surface area contributed by atoms with Crippen molar-refractivity contribution in [3.63, 3.8) is 0 Å². The molecule has 4 N–H and O–H groups in total. The molecule has 8 heteroatoms. The van der Waals surface area contributed by atoms with Crippen molar-refractivity contribution in [3.05, 3.63) is 36.4 Å². The Balaban J connectivity index is 1.84. The van der Waals surface area contributed by atoms with Gasteiger partial charge in [0.1, 0.15) is 6.61 Å². The third kappa shape index (κ3) is 7.88. The number of rotatable bonds is 13. The molecule has 0 radical (unpaired) electrons. The number of aliphatic carboxylic acids is 1. The largest absolute Gasteiger partial charge is 0.493 e. The van der Waals surface area contributed by atoms with E-state index >= 15 is 0 Å². The number of aliphatic hydroxyl groups is 2. The standard InChI is InChI=1S/C23H33NO7/c1-30-21-9-6-7-10-22(21)31-15-16(25)12-13-17-18(20(26)14-19(17)24-29)8-4-2-3-5-11-23(27)28/h2,4,6-7,9-10,16-18,20,25-26,29H,3,5,8,11-15H2,1H3,(H,27,28)/b4-2-,24-19-/t16-,17-,18-,20+/m1/s1. The van der Waals surface area contributed by atoms with E-state index in [1.807, 2.05) is 24.3 Å². The van der Waals surface area contributed by atoms with Crippen molar-refractivity contribution in [2.45, 2.75) is 57.2 Å². The fourth-order valence-electron chi connectivity index (χ4n) is 3.97. The number of carboxylic acid groups (broad SMARTS) is 1. The molecule has 0 saturated heterocycles. The normalized spacial score (nSPS) is 23.3. The number of oxime groups is 1. The highest BCUT2D eigenvalue weighted by Gasteiger charge is 2.39. The average molecular weight is 436 g/mol. The van der Waals surface area contributed by atoms with Gasteiger partial charge in [0.2, 0.25) is 0 Å². The minimum atomic E-state index is -0.809. The number of carbonyl (C=O) groups is 1. The van der Waals surface area contributed by atoms with Crippen LogP contribution >= 0.6 is 0 Å². The first-order chi connectivity index (χ1) is 15.0. The van der Waals surface area contributed by atoms with Crippen LogP contribution in [0.3, 0.4) is 0 Å². The number of hydrogen-bond donors (Lipinski definition) is 4. The van der Waals surface area contributed by atoms with Crippen LogP contribution < -0.4 is 9.47 Å². The number of aliphatic hydroxyl groups excluding tert-OH is 2. The summed E-state index contributed by atoms with van der Waals surface area (Å²) >= 11 is 0. The molecule has 172 valence electrons. The molecule has 0 bridgehead atoms. The smallest absolute Gasteiger partial charge is 0.303 e. The molecule has 1 fully saturated rings. The van der Waals surface area contributed by atoms with Gasteiger partial charge in [-0.1, -0.05) is 29.4 Å². The summed E-state index contributed by atoms with van der Waals surface area (Å²) in [5.41, 5.74) is 0.551. The third-order valence-electron chi connectivity index (χ3n) is 5.63. The maximum atomic E-state index is 10.6. The van der Waals surface area contributed by atoms with E-state index in [9.17, 15) is 20.2 Å². The van der Waals surface area contributed by atoms with E-state index in [2.05, 4.69) is 5.16 Å². The molecule has 0 aliphatic heterocycles. The molecule has 1 aliphatic rings. The molecule has 0 spiro atoms. The molecule has 1 aromatic rings. The van der Waals surface area contributed by atoms with E-state index in [-0.39, 0.29) is 24.9 Å². The Morgan fingerprint density at radius 3 is 2.71 bits per heavy atom. The topological polar surface area (TPSA) is 129 Å². The number of hydrogen-bond acceptors (Lipinski definition) is 7. The second kappa shape index (κ2) is 13.0. The lowest BCUT2D eigenvalue weighted by atomic mass is 9.86. The SMILES string of the molecule is COc1ccccc1OC[C@H](O)CC[C@H]1/C(=N\O)C[C@H](O)[C@@H]1C/C=C\CCCC(=O)O. The number of methoxy groups -OCH3 is 1. The van der Waals surface area contributed by atoms with Crippen LogP contribution in [0.5, 0.6) is 11.5 Å². The summed E-state index contributed by atoms with van der Waals surface area (Å²) in [6, 6.07) is 7.22. The summed E-state index contributed by atoms with van der Waals surface area (Å²) in [5.74, 6) is 0.104. The average Bonchev–Trinajstić information content (AvgIpc) is 3.07. The number of carboxylic acids is 1.